The summed E-state index contributed by atoms with van der Waals surface area (Å²) in [7, 11) is -4.54. The highest BCUT2D eigenvalue weighted by Gasteiger charge is 2.37. The van der Waals surface area contributed by atoms with E-state index in [9.17, 15) is 26.4 Å². The van der Waals surface area contributed by atoms with E-state index in [0.717, 1.165) is 12.1 Å². The molecule has 0 atom stereocenters. The Bertz CT molecular complexity index is 1240. The fourth-order valence-electron chi connectivity index (χ4n) is 2.94. The maximum atomic E-state index is 13.3. The van der Waals surface area contributed by atoms with Crippen molar-refractivity contribution in [1.29, 1.82) is 0 Å². The van der Waals surface area contributed by atoms with Gasteiger partial charge in [-0.25, -0.2) is 8.42 Å². The molecule has 0 spiro atoms. The summed E-state index contributed by atoms with van der Waals surface area (Å²) >= 11 is 0. The van der Waals surface area contributed by atoms with Gasteiger partial charge < -0.3 is 0 Å². The number of nitrogens with one attached hydrogen (secondary N) is 1. The van der Waals surface area contributed by atoms with Crippen molar-refractivity contribution >= 4 is 21.5 Å². The highest BCUT2D eigenvalue weighted by atomic mass is 32.2. The van der Waals surface area contributed by atoms with E-state index in [4.69, 9.17) is 0 Å². The van der Waals surface area contributed by atoms with Gasteiger partial charge in [-0.3, -0.25) is 19.5 Å². The van der Waals surface area contributed by atoms with Crippen LogP contribution in [0.3, 0.4) is 0 Å². The average molecular weight is 449 g/mol. The van der Waals surface area contributed by atoms with Crippen LogP contribution in [0.2, 0.25) is 0 Å². The van der Waals surface area contributed by atoms with Crippen molar-refractivity contribution in [2.45, 2.75) is 31.3 Å². The Morgan fingerprint density at radius 2 is 1.77 bits per heavy atom. The first-order valence-electron chi connectivity index (χ1n) is 9.08. The summed E-state index contributed by atoms with van der Waals surface area (Å²) in [6, 6.07) is 8.76. The number of carbonyl (C=O) groups is 1. The van der Waals surface area contributed by atoms with Gasteiger partial charge in [-0.2, -0.15) is 13.2 Å². The van der Waals surface area contributed by atoms with Crippen LogP contribution in [-0.2, 0) is 27.4 Å². The number of Topliss-reactive ketones (excluding diaryl/α,β-unsaturated/α-hetero) is 1. The predicted octanol–water partition coefficient (Wildman–Crippen LogP) is 4.40. The van der Waals surface area contributed by atoms with Gasteiger partial charge in [0.2, 0.25) is 0 Å². The highest BCUT2D eigenvalue weighted by Crippen LogP contribution is 2.35. The van der Waals surface area contributed by atoms with Gasteiger partial charge in [0.25, 0.3) is 10.0 Å². The largest absolute Gasteiger partial charge is 0.417 e. The Labute approximate surface area is 177 Å². The first kappa shape index (κ1) is 22.4. The standard InChI is InChI=1S/C21H18F3N3O3S/c1-13(28)9-17-10-15(7-8-25-17)16-11-19(14(2)26-12-16)27-31(29,30)20-6-4-3-5-18(20)21(22,23)24/h3-8,10-12,27H,9H2,1-2H3. The number of benzene rings is 1. The Morgan fingerprint density at radius 3 is 2.45 bits per heavy atom. The van der Waals surface area contributed by atoms with Gasteiger partial charge in [-0.1, -0.05) is 12.1 Å². The third-order valence-corrected chi connectivity index (χ3v) is 5.82. The van der Waals surface area contributed by atoms with E-state index in [1.165, 1.54) is 38.4 Å². The van der Waals surface area contributed by atoms with Gasteiger partial charge in [0.15, 0.2) is 0 Å². The van der Waals surface area contributed by atoms with Crippen LogP contribution in [0.25, 0.3) is 11.1 Å². The summed E-state index contributed by atoms with van der Waals surface area (Å²) in [4.78, 5) is 18.7. The minimum Gasteiger partial charge on any atom is -0.300 e. The molecule has 0 aliphatic rings. The highest BCUT2D eigenvalue weighted by molar-refractivity contribution is 7.92. The molecule has 0 radical (unpaired) electrons. The number of carbonyl (C=O) groups excluding carboxylic acids is 1. The molecule has 0 unspecified atom stereocenters. The third kappa shape index (κ3) is 5.26. The van der Waals surface area contributed by atoms with Crippen molar-refractivity contribution in [2.24, 2.45) is 0 Å². The summed E-state index contributed by atoms with van der Waals surface area (Å²) in [6.45, 7) is 2.97. The minimum atomic E-state index is -4.83. The molecule has 0 aliphatic carbocycles. The molecule has 31 heavy (non-hydrogen) atoms. The van der Waals surface area contributed by atoms with Crippen LogP contribution in [0.15, 0.2) is 59.8 Å². The summed E-state index contributed by atoms with van der Waals surface area (Å²) in [5.41, 5.74) is 0.753. The van der Waals surface area contributed by atoms with E-state index in [1.807, 2.05) is 0 Å². The number of nitrogens with zero attached hydrogens (tertiary/aromatic N) is 2. The molecule has 0 saturated heterocycles. The van der Waals surface area contributed by atoms with Crippen molar-refractivity contribution in [3.8, 4) is 11.1 Å². The van der Waals surface area contributed by atoms with Crippen LogP contribution >= 0.6 is 0 Å². The second-order valence-electron chi connectivity index (χ2n) is 6.87. The lowest BCUT2D eigenvalue weighted by molar-refractivity contribution is -0.139. The normalized spacial score (nSPS) is 11.9. The maximum absolute atomic E-state index is 13.3. The molecule has 3 rings (SSSR count). The summed E-state index contributed by atoms with van der Waals surface area (Å²) < 4.78 is 67.6. The monoisotopic (exact) mass is 449 g/mol. The van der Waals surface area contributed by atoms with E-state index >= 15 is 0 Å². The molecule has 10 heteroatoms. The molecule has 3 aromatic rings. The van der Waals surface area contributed by atoms with E-state index in [0.29, 0.717) is 22.9 Å². The molecule has 0 saturated carbocycles. The number of rotatable bonds is 6. The lowest BCUT2D eigenvalue weighted by Crippen LogP contribution is -2.19. The molecular weight excluding hydrogens is 431 g/mol. The number of hydrogen-bond donors (Lipinski definition) is 1. The number of aromatic nitrogens is 2. The Balaban J connectivity index is 2.00. The van der Waals surface area contributed by atoms with Crippen molar-refractivity contribution in [2.75, 3.05) is 4.72 Å². The summed E-state index contributed by atoms with van der Waals surface area (Å²) in [6.07, 6.45) is -1.67. The second-order valence-corrected chi connectivity index (χ2v) is 8.52. The zero-order valence-corrected chi connectivity index (χ0v) is 17.4. The predicted molar refractivity (Wildman–Crippen MR) is 109 cm³/mol. The van der Waals surface area contributed by atoms with Crippen LogP contribution in [0.5, 0.6) is 0 Å². The Hall–Kier alpha value is -3.27. The van der Waals surface area contributed by atoms with Crippen LogP contribution in [0.1, 0.15) is 23.9 Å². The summed E-state index contributed by atoms with van der Waals surface area (Å²) in [5, 5.41) is 0. The Morgan fingerprint density at radius 1 is 1.06 bits per heavy atom. The lowest BCUT2D eigenvalue weighted by atomic mass is 10.1. The molecule has 1 N–H and O–H groups in total. The SMILES string of the molecule is CC(=O)Cc1cc(-c2cnc(C)c(NS(=O)(=O)c3ccccc3C(F)(F)F)c2)ccn1. The molecule has 2 heterocycles. The van der Waals surface area contributed by atoms with Crippen LogP contribution < -0.4 is 4.72 Å². The molecule has 2 aromatic heterocycles. The fraction of sp³-hybridized carbons (Fsp3) is 0.190. The topological polar surface area (TPSA) is 89.0 Å². The number of halogens is 3. The fourth-order valence-corrected chi connectivity index (χ4v) is 4.28. The smallest absolute Gasteiger partial charge is 0.300 e. The lowest BCUT2D eigenvalue weighted by Gasteiger charge is -2.16. The van der Waals surface area contributed by atoms with Gasteiger partial charge in [0, 0.05) is 30.1 Å². The van der Waals surface area contributed by atoms with Gasteiger partial charge in [-0.05, 0) is 49.7 Å². The zero-order chi connectivity index (χ0) is 22.8. The van der Waals surface area contributed by atoms with Gasteiger partial charge >= 0.3 is 6.18 Å². The van der Waals surface area contributed by atoms with Crippen LogP contribution in [0, 0.1) is 6.92 Å². The molecule has 0 aliphatic heterocycles. The van der Waals surface area contributed by atoms with E-state index in [2.05, 4.69) is 14.7 Å². The van der Waals surface area contributed by atoms with Crippen molar-refractivity contribution < 1.29 is 26.4 Å². The molecule has 1 aromatic carbocycles. The molecule has 0 fully saturated rings. The van der Waals surface area contributed by atoms with E-state index in [1.54, 1.807) is 12.1 Å². The van der Waals surface area contributed by atoms with Crippen LogP contribution in [-0.4, -0.2) is 24.2 Å². The van der Waals surface area contributed by atoms with E-state index < -0.39 is 26.7 Å². The number of ketones is 1. The van der Waals surface area contributed by atoms with Crippen LogP contribution in [0.4, 0.5) is 18.9 Å². The molecular formula is C21H18F3N3O3S. The van der Waals surface area contributed by atoms with Crippen molar-refractivity contribution in [3.05, 3.63) is 71.8 Å². The van der Waals surface area contributed by atoms with Gasteiger partial charge in [0.05, 0.1) is 21.8 Å². The Kier molecular flexibility index (Phi) is 6.12. The number of alkyl halides is 3. The quantitative estimate of drug-likeness (QED) is 0.603. The molecule has 162 valence electrons. The summed E-state index contributed by atoms with van der Waals surface area (Å²) in [5.74, 6) is -0.0662. The van der Waals surface area contributed by atoms with E-state index in [-0.39, 0.29) is 23.6 Å². The first-order valence-corrected chi connectivity index (χ1v) is 10.6. The minimum absolute atomic E-state index is 0.0411. The van der Waals surface area contributed by atoms with Gasteiger partial charge in [0.1, 0.15) is 5.78 Å². The molecule has 0 amide bonds. The molecule has 0 bridgehead atoms. The zero-order valence-electron chi connectivity index (χ0n) is 16.6. The third-order valence-electron chi connectivity index (χ3n) is 4.39. The van der Waals surface area contributed by atoms with Crippen molar-refractivity contribution in [1.82, 2.24) is 9.97 Å². The number of pyridine rings is 2. The maximum Gasteiger partial charge on any atom is 0.417 e. The molecule has 6 nitrogen and oxygen atoms in total. The second kappa shape index (κ2) is 8.46. The number of sulfonamides is 1. The van der Waals surface area contributed by atoms with Crippen molar-refractivity contribution in [3.63, 3.8) is 0 Å². The number of aryl methyl sites for hydroxylation is 1. The average Bonchev–Trinajstić information content (AvgIpc) is 2.68. The number of anilines is 1. The number of hydrogen-bond acceptors (Lipinski definition) is 5. The van der Waals surface area contributed by atoms with Gasteiger partial charge in [-0.15, -0.1) is 0 Å². The first-order chi connectivity index (χ1) is 14.5.